The normalized spacial score (nSPS) is 27.6. The van der Waals surface area contributed by atoms with Gasteiger partial charge in [0.15, 0.2) is 0 Å². The average molecular weight is 667 g/mol. The maximum absolute atomic E-state index is 12.2. The van der Waals surface area contributed by atoms with Crippen molar-refractivity contribution < 1.29 is 30.3 Å². The smallest absolute Gasteiger partial charge is 0.309 e. The van der Waals surface area contributed by atoms with Crippen molar-refractivity contribution in [2.45, 2.75) is 140 Å². The molecule has 0 bridgehead atoms. The van der Waals surface area contributed by atoms with Crippen LogP contribution in [0, 0.1) is 29.6 Å². The van der Waals surface area contributed by atoms with Gasteiger partial charge in [0.25, 0.3) is 0 Å². The predicted molar refractivity (Wildman–Crippen MR) is 188 cm³/mol. The molecule has 2 aliphatic carbocycles. The fraction of sp³-hybridized carbons (Fsp3) is 0.692. The van der Waals surface area contributed by atoms with Gasteiger partial charge in [0.05, 0.1) is 29.8 Å². The first-order valence-corrected chi connectivity index (χ1v) is 18.5. The first kappa shape index (κ1) is 38.1. The van der Waals surface area contributed by atoms with Gasteiger partial charge in [-0.25, -0.2) is 4.98 Å². The number of anilines is 1. The highest BCUT2D eigenvalue weighted by atomic mass is 16.4. The molecule has 0 amide bonds. The minimum atomic E-state index is -1.29. The van der Waals surface area contributed by atoms with E-state index in [0.717, 1.165) is 49.7 Å². The molecule has 268 valence electrons. The number of unbranched alkanes of at least 4 members (excludes halogenated alkanes) is 4. The van der Waals surface area contributed by atoms with Gasteiger partial charge in [-0.2, -0.15) is 6.20 Å². The Bertz CT molecular complexity index is 1300. The second kappa shape index (κ2) is 18.3. The molecule has 7 N–H and O–H groups in total. The van der Waals surface area contributed by atoms with Crippen LogP contribution in [0.1, 0.15) is 127 Å². The topological polar surface area (TPSA) is 171 Å². The third-order valence-corrected chi connectivity index (χ3v) is 11.1. The van der Waals surface area contributed by atoms with Crippen molar-refractivity contribution in [3.05, 3.63) is 59.6 Å². The van der Waals surface area contributed by atoms with E-state index in [1.807, 2.05) is 25.1 Å². The van der Waals surface area contributed by atoms with E-state index in [1.165, 1.54) is 19.3 Å². The van der Waals surface area contributed by atoms with E-state index < -0.39 is 35.6 Å². The summed E-state index contributed by atoms with van der Waals surface area (Å²) in [5.41, 5.74) is 7.18. The minimum Gasteiger partial charge on any atom is -0.665 e. The molecule has 0 aliphatic heterocycles. The number of carboxylic acids is 1. The zero-order valence-electron chi connectivity index (χ0n) is 29.1. The Kier molecular flexibility index (Phi) is 14.5. The molecular weight excluding hydrogens is 606 g/mol. The van der Waals surface area contributed by atoms with Gasteiger partial charge >= 0.3 is 5.97 Å². The van der Waals surface area contributed by atoms with Crippen LogP contribution in [-0.2, 0) is 17.6 Å². The van der Waals surface area contributed by atoms with Crippen LogP contribution >= 0.6 is 0 Å². The minimum absolute atomic E-state index is 0.0638. The van der Waals surface area contributed by atoms with Crippen molar-refractivity contribution in [3.63, 3.8) is 0 Å². The molecule has 4 rings (SSSR count). The first-order chi connectivity index (χ1) is 23.0. The highest BCUT2D eigenvalue weighted by Crippen LogP contribution is 2.49. The van der Waals surface area contributed by atoms with E-state index in [2.05, 4.69) is 29.0 Å². The van der Waals surface area contributed by atoms with Crippen molar-refractivity contribution in [2.24, 2.45) is 29.6 Å². The summed E-state index contributed by atoms with van der Waals surface area (Å²) in [6.07, 6.45) is 17.5. The number of nitrogen functional groups attached to an aromatic ring is 1. The van der Waals surface area contributed by atoms with E-state index in [1.54, 1.807) is 12.4 Å². The van der Waals surface area contributed by atoms with Gasteiger partial charge in [-0.3, -0.25) is 4.79 Å². The van der Waals surface area contributed by atoms with E-state index in [4.69, 9.17) is 5.73 Å². The first-order valence-electron chi connectivity index (χ1n) is 18.5. The molecule has 2 heterocycles. The Labute approximate surface area is 287 Å². The quantitative estimate of drug-likeness (QED) is 0.0717. The van der Waals surface area contributed by atoms with Crippen LogP contribution in [-0.4, -0.2) is 54.3 Å². The monoisotopic (exact) mass is 666 g/mol. The Morgan fingerprint density at radius 3 is 2.52 bits per heavy atom. The summed E-state index contributed by atoms with van der Waals surface area (Å²) in [7, 11) is 0. The number of hydrogen-bond donors (Lipinski definition) is 6. The van der Waals surface area contributed by atoms with Crippen LogP contribution in [0.15, 0.2) is 42.7 Å². The number of nitrogens with zero attached hydrogens (tertiary/aromatic N) is 2. The average Bonchev–Trinajstić information content (AvgIpc) is 3.67. The number of aliphatic carboxylic acids is 1. The molecular formula is C39H60N3O6-. The molecule has 9 heteroatoms. The second-order valence-corrected chi connectivity index (χ2v) is 14.8. The van der Waals surface area contributed by atoms with E-state index in [9.17, 15) is 30.3 Å². The number of carboxylic acid groups (broad SMARTS) is 1. The van der Waals surface area contributed by atoms with Crippen LogP contribution < -0.4 is 10.7 Å². The molecule has 9 nitrogen and oxygen atoms in total. The third-order valence-electron chi connectivity index (χ3n) is 11.1. The number of hydrogen-bond acceptors (Lipinski definition) is 7. The molecule has 0 spiro atoms. The van der Waals surface area contributed by atoms with Gasteiger partial charge in [-0.05, 0) is 93.7 Å². The lowest BCUT2D eigenvalue weighted by Gasteiger charge is -2.36. The number of aromatic nitrogens is 2. The predicted octanol–water partition coefficient (Wildman–Crippen LogP) is 6.14. The maximum atomic E-state index is 12.2. The van der Waals surface area contributed by atoms with Gasteiger partial charge in [-0.15, -0.1) is 5.69 Å². The highest BCUT2D eigenvalue weighted by Gasteiger charge is 2.49. The third kappa shape index (κ3) is 10.6. The Morgan fingerprint density at radius 2 is 1.83 bits per heavy atom. The van der Waals surface area contributed by atoms with Gasteiger partial charge in [0.2, 0.25) is 0 Å². The van der Waals surface area contributed by atoms with Crippen LogP contribution in [0.3, 0.4) is 0 Å². The number of rotatable bonds is 20. The fourth-order valence-electron chi connectivity index (χ4n) is 8.27. The Hall–Kier alpha value is -2.72. The summed E-state index contributed by atoms with van der Waals surface area (Å²) in [5, 5.41) is 55.4. The molecule has 1 saturated carbocycles. The van der Waals surface area contributed by atoms with Crippen LogP contribution in [0.5, 0.6) is 0 Å². The summed E-state index contributed by atoms with van der Waals surface area (Å²) in [6, 6.07) is 5.62. The molecule has 0 saturated heterocycles. The number of nitrogens with two attached hydrogens (primary N) is 1. The number of aliphatic hydroxyl groups is 4. The molecule has 48 heavy (non-hydrogen) atoms. The standard InChI is InChI=1S/C39H60N3O6/c1-3-5-7-10-27-13-14-30(35(44)22-27)11-8-6-9-12-31(38(46)47)34(43)15-17-39(48)24-29(19-28-16-18-41-36(40)23-28)20-32(39)37(45)33-21-26(4-2)25-42-33/h13-14,16,18,21,23,25,27,29-32,34-35,37,43-45,48H,3-12,15,17,19-20,22,24H2,1-2H3,(H2,40,41)(H,46,47)/q-1/t27-,29-,30-,31+,32+,34-,35-,37+,39+/m1/s1. The summed E-state index contributed by atoms with van der Waals surface area (Å²) in [6.45, 7) is 4.23. The zero-order valence-corrected chi connectivity index (χ0v) is 29.1. The molecule has 2 aromatic heterocycles. The summed E-state index contributed by atoms with van der Waals surface area (Å²) in [5.74, 6) is -1.35. The zero-order chi connectivity index (χ0) is 34.7. The molecule has 0 radical (unpaired) electrons. The largest absolute Gasteiger partial charge is 0.665 e. The van der Waals surface area contributed by atoms with Crippen molar-refractivity contribution >= 4 is 11.8 Å². The SMILES string of the molecule is CCCCC[C@@H]1C=C[C@@H](CCCCC[C@H](C(=O)O)[C@H](O)CC[C@]2(O)C[C@H](Cc3ccnc(N)c3)C[C@H]2[C@H](O)c2cc(CC)c[n-]2)[C@H](O)C1. The lowest BCUT2D eigenvalue weighted by atomic mass is 9.79. The van der Waals surface area contributed by atoms with Crippen molar-refractivity contribution in [2.75, 3.05) is 5.73 Å². The number of carbonyl (C=O) groups is 1. The van der Waals surface area contributed by atoms with Crippen molar-refractivity contribution in [1.29, 1.82) is 0 Å². The van der Waals surface area contributed by atoms with Crippen LogP contribution in [0.25, 0.3) is 0 Å². The maximum Gasteiger partial charge on any atom is 0.309 e. The molecule has 2 aromatic rings. The number of pyridine rings is 1. The number of allylic oxidation sites excluding steroid dienone is 1. The molecule has 0 aromatic carbocycles. The molecule has 9 atom stereocenters. The molecule has 2 aliphatic rings. The number of aliphatic hydroxyl groups excluding tert-OH is 3. The van der Waals surface area contributed by atoms with Crippen LogP contribution in [0.2, 0.25) is 0 Å². The van der Waals surface area contributed by atoms with E-state index in [-0.39, 0.29) is 30.8 Å². The van der Waals surface area contributed by atoms with Crippen LogP contribution in [0.4, 0.5) is 5.82 Å². The molecule has 0 unspecified atom stereocenters. The van der Waals surface area contributed by atoms with Crippen molar-refractivity contribution in [1.82, 2.24) is 9.97 Å². The lowest BCUT2D eigenvalue weighted by Crippen LogP contribution is -2.39. The Morgan fingerprint density at radius 1 is 1.04 bits per heavy atom. The van der Waals surface area contributed by atoms with Crippen molar-refractivity contribution in [3.8, 4) is 0 Å². The van der Waals surface area contributed by atoms with Gasteiger partial charge in [0.1, 0.15) is 5.82 Å². The summed E-state index contributed by atoms with van der Waals surface area (Å²) < 4.78 is 0. The van der Waals surface area contributed by atoms with Gasteiger partial charge in [0, 0.05) is 18.0 Å². The van der Waals surface area contributed by atoms with Gasteiger partial charge < -0.3 is 36.3 Å². The molecule has 1 fully saturated rings. The van der Waals surface area contributed by atoms with E-state index in [0.29, 0.717) is 49.5 Å². The van der Waals surface area contributed by atoms with E-state index >= 15 is 0 Å². The summed E-state index contributed by atoms with van der Waals surface area (Å²) >= 11 is 0. The Balaban J connectivity index is 1.30. The lowest BCUT2D eigenvalue weighted by molar-refractivity contribution is -0.147. The fourth-order valence-corrected chi connectivity index (χ4v) is 8.27. The highest BCUT2D eigenvalue weighted by molar-refractivity contribution is 5.70. The summed E-state index contributed by atoms with van der Waals surface area (Å²) in [4.78, 5) is 20.7. The second-order valence-electron chi connectivity index (χ2n) is 14.8. The number of aryl methyl sites for hydroxylation is 1. The van der Waals surface area contributed by atoms with Gasteiger partial charge in [-0.1, -0.05) is 76.2 Å².